The number of nitrogens with one attached hydrogen (secondary N) is 1. The van der Waals surface area contributed by atoms with Crippen molar-refractivity contribution < 1.29 is 26.3 Å². The van der Waals surface area contributed by atoms with Gasteiger partial charge in [-0.1, -0.05) is 29.8 Å². The predicted octanol–water partition coefficient (Wildman–Crippen LogP) is 1.76. The van der Waals surface area contributed by atoms with E-state index < -0.39 is 0 Å². The molecule has 0 aliphatic carbocycles. The van der Waals surface area contributed by atoms with Crippen molar-refractivity contribution in [1.29, 1.82) is 0 Å². The molecule has 7 heteroatoms. The van der Waals surface area contributed by atoms with Crippen molar-refractivity contribution in [2.75, 3.05) is 7.11 Å². The van der Waals surface area contributed by atoms with Crippen LogP contribution in [-0.2, 0) is 19.7 Å². The van der Waals surface area contributed by atoms with Crippen LogP contribution in [0.15, 0.2) is 60.9 Å². The summed E-state index contributed by atoms with van der Waals surface area (Å²) < 4.78 is 24.4. The summed E-state index contributed by atoms with van der Waals surface area (Å²) >= 11 is 6.04. The summed E-state index contributed by atoms with van der Waals surface area (Å²) in [6.45, 7) is 1.65. The topological polar surface area (TPSA) is 43.4 Å². The molecule has 0 atom stereocenters. The molecule has 0 aliphatic heterocycles. The van der Waals surface area contributed by atoms with Gasteiger partial charge in [-0.3, -0.25) is 4.98 Å². The van der Waals surface area contributed by atoms with Gasteiger partial charge in [-0.05, 0) is 41.5 Å². The van der Waals surface area contributed by atoms with Gasteiger partial charge in [0.05, 0.1) is 12.1 Å². The zero-order valence-electron chi connectivity index (χ0n) is 15.3. The fourth-order valence-corrected chi connectivity index (χ4v) is 2.81. The summed E-state index contributed by atoms with van der Waals surface area (Å²) in [6.07, 6.45) is 3.59. The van der Waals surface area contributed by atoms with Crippen molar-refractivity contribution in [2.24, 2.45) is 0 Å². The van der Waals surface area contributed by atoms with Gasteiger partial charge in [0, 0.05) is 31.0 Å². The lowest BCUT2D eigenvalue weighted by Crippen LogP contribution is -3.00. The van der Waals surface area contributed by atoms with Crippen LogP contribution in [0, 0.1) is 5.82 Å². The van der Waals surface area contributed by atoms with Crippen molar-refractivity contribution in [2.45, 2.75) is 19.7 Å². The van der Waals surface area contributed by atoms with E-state index in [0.29, 0.717) is 28.6 Å². The Labute approximate surface area is 175 Å². The Hall–Kier alpha value is -2.34. The highest BCUT2D eigenvalue weighted by Crippen LogP contribution is 2.29. The Morgan fingerprint density at radius 3 is 2.57 bits per heavy atom. The van der Waals surface area contributed by atoms with E-state index >= 15 is 0 Å². The highest BCUT2D eigenvalue weighted by Gasteiger charge is 2.08. The zero-order chi connectivity index (χ0) is 19.1. The van der Waals surface area contributed by atoms with Crippen LogP contribution in [0.3, 0.4) is 0 Å². The fourth-order valence-electron chi connectivity index (χ4n) is 2.59. The number of aromatic nitrogens is 1. The molecular formula is C21H20Cl2FN2O2-. The van der Waals surface area contributed by atoms with Crippen molar-refractivity contribution in [3.63, 3.8) is 0 Å². The standard InChI is InChI=1S/C21H20ClFN2O2.ClH/c1-26-21-9-15(11-25-13-16-3-2-8-24-12-16)4-7-20(21)27-14-17-5-6-18(23)10-19(17)22;/h2-10,12,25H,11,13-14H2,1H3;1H/p-1. The van der Waals surface area contributed by atoms with Crippen LogP contribution in [0.2, 0.25) is 5.02 Å². The summed E-state index contributed by atoms with van der Waals surface area (Å²) in [5.74, 6) is 0.868. The van der Waals surface area contributed by atoms with Gasteiger partial charge in [-0.2, -0.15) is 0 Å². The minimum absolute atomic E-state index is 0. The Morgan fingerprint density at radius 1 is 1.04 bits per heavy atom. The molecule has 3 aromatic rings. The number of hydrogen-bond donors (Lipinski definition) is 1. The number of pyridine rings is 1. The maximum absolute atomic E-state index is 13.1. The van der Waals surface area contributed by atoms with Crippen LogP contribution in [0.25, 0.3) is 0 Å². The Kier molecular flexibility index (Phi) is 8.51. The molecule has 0 saturated carbocycles. The van der Waals surface area contributed by atoms with Gasteiger partial charge in [-0.15, -0.1) is 0 Å². The first-order chi connectivity index (χ1) is 13.2. The number of rotatable bonds is 8. The van der Waals surface area contributed by atoms with E-state index in [1.165, 1.54) is 12.1 Å². The molecule has 0 saturated heterocycles. The van der Waals surface area contributed by atoms with Gasteiger partial charge < -0.3 is 27.2 Å². The average Bonchev–Trinajstić information content (AvgIpc) is 2.68. The summed E-state index contributed by atoms with van der Waals surface area (Å²) in [7, 11) is 1.60. The lowest BCUT2D eigenvalue weighted by molar-refractivity contribution is -0.00000664. The highest BCUT2D eigenvalue weighted by molar-refractivity contribution is 6.31. The summed E-state index contributed by atoms with van der Waals surface area (Å²) in [4.78, 5) is 4.10. The van der Waals surface area contributed by atoms with Crippen molar-refractivity contribution in [1.82, 2.24) is 10.3 Å². The van der Waals surface area contributed by atoms with Crippen LogP contribution < -0.4 is 27.2 Å². The Bertz CT molecular complexity index is 895. The van der Waals surface area contributed by atoms with Crippen LogP contribution in [0.5, 0.6) is 11.5 Å². The van der Waals surface area contributed by atoms with Crippen LogP contribution >= 0.6 is 11.6 Å². The second-order valence-electron chi connectivity index (χ2n) is 5.97. The molecule has 0 bridgehead atoms. The van der Waals surface area contributed by atoms with Gasteiger partial charge in [-0.25, -0.2) is 4.39 Å². The largest absolute Gasteiger partial charge is 1.00 e. The Balaban J connectivity index is 0.00000280. The molecule has 28 heavy (non-hydrogen) atoms. The van der Waals surface area contributed by atoms with Crippen molar-refractivity contribution in [3.05, 3.63) is 88.5 Å². The molecule has 1 heterocycles. The van der Waals surface area contributed by atoms with Gasteiger partial charge in [0.2, 0.25) is 0 Å². The van der Waals surface area contributed by atoms with E-state index in [1.807, 2.05) is 36.5 Å². The fraction of sp³-hybridized carbons (Fsp3) is 0.190. The number of benzene rings is 2. The van der Waals surface area contributed by atoms with E-state index in [0.717, 1.165) is 17.7 Å². The van der Waals surface area contributed by atoms with Gasteiger partial charge >= 0.3 is 0 Å². The first kappa shape index (κ1) is 22.0. The molecule has 0 fully saturated rings. The molecule has 0 spiro atoms. The van der Waals surface area contributed by atoms with E-state index in [1.54, 1.807) is 19.4 Å². The second kappa shape index (κ2) is 10.9. The lowest BCUT2D eigenvalue weighted by atomic mass is 10.2. The van der Waals surface area contributed by atoms with Crippen LogP contribution in [0.4, 0.5) is 4.39 Å². The highest BCUT2D eigenvalue weighted by atomic mass is 35.5. The first-order valence-corrected chi connectivity index (χ1v) is 8.87. The third-order valence-electron chi connectivity index (χ3n) is 4.01. The third-order valence-corrected chi connectivity index (χ3v) is 4.36. The molecule has 3 rings (SSSR count). The average molecular weight is 422 g/mol. The molecule has 1 N–H and O–H groups in total. The molecule has 2 aromatic carbocycles. The van der Waals surface area contributed by atoms with Gasteiger partial charge in [0.1, 0.15) is 12.4 Å². The van der Waals surface area contributed by atoms with E-state index in [-0.39, 0.29) is 24.8 Å². The maximum atomic E-state index is 13.1. The molecular weight excluding hydrogens is 402 g/mol. The normalized spacial score (nSPS) is 10.2. The van der Waals surface area contributed by atoms with Gasteiger partial charge in [0.15, 0.2) is 11.5 Å². The third kappa shape index (κ3) is 6.09. The molecule has 4 nitrogen and oxygen atoms in total. The van der Waals surface area contributed by atoms with Crippen molar-refractivity contribution in [3.8, 4) is 11.5 Å². The minimum Gasteiger partial charge on any atom is -1.00 e. The van der Waals surface area contributed by atoms with E-state index in [2.05, 4.69) is 10.3 Å². The quantitative estimate of drug-likeness (QED) is 0.601. The van der Waals surface area contributed by atoms with E-state index in [4.69, 9.17) is 21.1 Å². The van der Waals surface area contributed by atoms with Gasteiger partial charge in [0.25, 0.3) is 0 Å². The van der Waals surface area contributed by atoms with Crippen molar-refractivity contribution >= 4 is 11.6 Å². The number of halogens is 3. The van der Waals surface area contributed by atoms with Crippen LogP contribution in [-0.4, -0.2) is 12.1 Å². The summed E-state index contributed by atoms with van der Waals surface area (Å²) in [5, 5.41) is 3.71. The SMILES string of the molecule is COc1cc(CNCc2cccnc2)ccc1OCc1ccc(F)cc1Cl.[Cl-]. The molecule has 0 radical (unpaired) electrons. The van der Waals surface area contributed by atoms with E-state index in [9.17, 15) is 4.39 Å². The minimum atomic E-state index is -0.371. The molecule has 1 aromatic heterocycles. The number of ether oxygens (including phenoxy) is 2. The number of methoxy groups -OCH3 is 1. The molecule has 0 aliphatic rings. The summed E-state index contributed by atoms with van der Waals surface area (Å²) in [5.41, 5.74) is 2.91. The van der Waals surface area contributed by atoms with Crippen LogP contribution in [0.1, 0.15) is 16.7 Å². The molecule has 0 unspecified atom stereocenters. The lowest BCUT2D eigenvalue weighted by Gasteiger charge is -2.13. The monoisotopic (exact) mass is 421 g/mol. The number of hydrogen-bond acceptors (Lipinski definition) is 4. The summed E-state index contributed by atoms with van der Waals surface area (Å²) in [6, 6.07) is 13.9. The zero-order valence-corrected chi connectivity index (χ0v) is 16.8. The maximum Gasteiger partial charge on any atom is 0.161 e. The number of nitrogens with zero attached hydrogens (tertiary/aromatic N) is 1. The smallest absolute Gasteiger partial charge is 0.161 e. The predicted molar refractivity (Wildman–Crippen MR) is 104 cm³/mol. The first-order valence-electron chi connectivity index (χ1n) is 8.49. The molecule has 148 valence electrons. The Morgan fingerprint density at radius 2 is 1.86 bits per heavy atom. The molecule has 0 amide bonds. The second-order valence-corrected chi connectivity index (χ2v) is 6.38.